The van der Waals surface area contributed by atoms with E-state index in [1.807, 2.05) is 17.0 Å². The number of ether oxygens (including phenoxy) is 1. The SMILES string of the molecule is CC(=O)N1CCCC(c2cncc(CCC(=O)NCCN3CCC4(CCCCc5ccccc5OCCNC4=O)CC3)n2)C1. The molecule has 0 saturated carbocycles. The number of carbonyl (C=O) groups is 3. The summed E-state index contributed by atoms with van der Waals surface area (Å²) in [5.74, 6) is 1.39. The van der Waals surface area contributed by atoms with Gasteiger partial charge < -0.3 is 25.2 Å². The van der Waals surface area contributed by atoms with Crippen molar-refractivity contribution in [3.63, 3.8) is 0 Å². The minimum atomic E-state index is -0.323. The predicted molar refractivity (Wildman–Crippen MR) is 168 cm³/mol. The summed E-state index contributed by atoms with van der Waals surface area (Å²) in [4.78, 5) is 51.2. The van der Waals surface area contributed by atoms with Gasteiger partial charge in [-0.05, 0) is 76.1 Å². The maximum atomic E-state index is 13.3. The van der Waals surface area contributed by atoms with Gasteiger partial charge in [0.15, 0.2) is 0 Å². The minimum absolute atomic E-state index is 0.00795. The minimum Gasteiger partial charge on any atom is -0.491 e. The van der Waals surface area contributed by atoms with Crippen molar-refractivity contribution in [2.75, 3.05) is 52.4 Å². The van der Waals surface area contributed by atoms with Crippen molar-refractivity contribution in [3.05, 3.63) is 53.6 Å². The largest absolute Gasteiger partial charge is 0.491 e. The average molecular weight is 605 g/mol. The molecule has 5 rings (SSSR count). The van der Waals surface area contributed by atoms with Crippen LogP contribution in [0, 0.1) is 5.41 Å². The average Bonchev–Trinajstić information content (AvgIpc) is 3.05. The van der Waals surface area contributed by atoms with Gasteiger partial charge >= 0.3 is 0 Å². The van der Waals surface area contributed by atoms with Crippen LogP contribution < -0.4 is 15.4 Å². The van der Waals surface area contributed by atoms with Gasteiger partial charge in [0, 0.05) is 57.8 Å². The van der Waals surface area contributed by atoms with Crippen LogP contribution in [0.5, 0.6) is 5.75 Å². The second kappa shape index (κ2) is 15.5. The molecule has 1 aromatic heterocycles. The monoisotopic (exact) mass is 604 g/mol. The van der Waals surface area contributed by atoms with Crippen LogP contribution in [0.3, 0.4) is 0 Å². The first-order valence-electron chi connectivity index (χ1n) is 16.5. The summed E-state index contributed by atoms with van der Waals surface area (Å²) >= 11 is 0. The first-order chi connectivity index (χ1) is 21.4. The lowest BCUT2D eigenvalue weighted by molar-refractivity contribution is -0.134. The van der Waals surface area contributed by atoms with E-state index in [0.717, 1.165) is 94.7 Å². The fraction of sp³-hybridized carbons (Fsp3) is 0.618. The van der Waals surface area contributed by atoms with Crippen LogP contribution in [0.1, 0.15) is 81.2 Å². The Balaban J connectivity index is 1.03. The molecule has 1 atom stereocenters. The van der Waals surface area contributed by atoms with E-state index in [0.29, 0.717) is 39.1 Å². The maximum absolute atomic E-state index is 13.3. The van der Waals surface area contributed by atoms with Crippen molar-refractivity contribution in [3.8, 4) is 5.75 Å². The molecule has 3 aliphatic rings. The molecule has 2 aromatic rings. The Morgan fingerprint density at radius 3 is 2.77 bits per heavy atom. The van der Waals surface area contributed by atoms with E-state index < -0.39 is 0 Å². The molecule has 1 aromatic carbocycles. The molecule has 44 heavy (non-hydrogen) atoms. The van der Waals surface area contributed by atoms with Gasteiger partial charge in [-0.15, -0.1) is 0 Å². The van der Waals surface area contributed by atoms with Gasteiger partial charge in [0.2, 0.25) is 17.7 Å². The summed E-state index contributed by atoms with van der Waals surface area (Å²) in [5.41, 5.74) is 2.64. The number of para-hydroxylation sites is 1. The number of nitrogens with one attached hydrogen (secondary N) is 2. The lowest BCUT2D eigenvalue weighted by Gasteiger charge is -2.41. The summed E-state index contributed by atoms with van der Waals surface area (Å²) in [6.07, 6.45) is 12.0. The van der Waals surface area contributed by atoms with Crippen LogP contribution >= 0.6 is 0 Å². The van der Waals surface area contributed by atoms with Crippen molar-refractivity contribution in [1.29, 1.82) is 0 Å². The van der Waals surface area contributed by atoms with E-state index in [2.05, 4.69) is 32.7 Å². The van der Waals surface area contributed by atoms with Crippen molar-refractivity contribution in [2.45, 2.75) is 77.0 Å². The summed E-state index contributed by atoms with van der Waals surface area (Å²) in [6.45, 7) is 7.16. The van der Waals surface area contributed by atoms with Gasteiger partial charge in [-0.1, -0.05) is 24.6 Å². The van der Waals surface area contributed by atoms with Crippen molar-refractivity contribution < 1.29 is 19.1 Å². The number of likely N-dealkylation sites (tertiary alicyclic amines) is 2. The fourth-order valence-electron chi connectivity index (χ4n) is 6.87. The van der Waals surface area contributed by atoms with Crippen LogP contribution in [-0.2, 0) is 27.2 Å². The molecule has 0 bridgehead atoms. The number of carbonyl (C=O) groups excluding carboxylic acids is 3. The third-order valence-corrected chi connectivity index (χ3v) is 9.61. The Hall–Kier alpha value is -3.53. The maximum Gasteiger partial charge on any atom is 0.226 e. The van der Waals surface area contributed by atoms with Crippen LogP contribution in [0.25, 0.3) is 0 Å². The molecule has 3 amide bonds. The van der Waals surface area contributed by atoms with Gasteiger partial charge in [-0.2, -0.15) is 0 Å². The Morgan fingerprint density at radius 2 is 1.93 bits per heavy atom. The first kappa shape index (κ1) is 31.9. The van der Waals surface area contributed by atoms with Crippen LogP contribution in [0.15, 0.2) is 36.7 Å². The number of nitrogens with zero attached hydrogens (tertiary/aromatic N) is 4. The van der Waals surface area contributed by atoms with Crippen molar-refractivity contribution >= 4 is 17.7 Å². The lowest BCUT2D eigenvalue weighted by Crippen LogP contribution is -2.50. The van der Waals surface area contributed by atoms with Gasteiger partial charge in [0.1, 0.15) is 12.4 Å². The summed E-state index contributed by atoms with van der Waals surface area (Å²) in [6, 6.07) is 8.21. The Bertz CT molecular complexity index is 1280. The predicted octanol–water partition coefficient (Wildman–Crippen LogP) is 3.26. The highest BCUT2D eigenvalue weighted by atomic mass is 16.5. The summed E-state index contributed by atoms with van der Waals surface area (Å²) in [5, 5.41) is 6.22. The molecule has 238 valence electrons. The van der Waals surface area contributed by atoms with E-state index >= 15 is 0 Å². The van der Waals surface area contributed by atoms with Crippen molar-refractivity contribution in [2.24, 2.45) is 5.41 Å². The zero-order valence-corrected chi connectivity index (χ0v) is 26.2. The number of hydrogen-bond acceptors (Lipinski definition) is 7. The molecule has 3 aliphatic heterocycles. The highest BCUT2D eigenvalue weighted by Gasteiger charge is 2.40. The number of hydrogen-bond donors (Lipinski definition) is 2. The fourth-order valence-corrected chi connectivity index (χ4v) is 6.87. The topological polar surface area (TPSA) is 117 Å². The zero-order chi connectivity index (χ0) is 30.8. The molecular formula is C34H48N6O4. The van der Waals surface area contributed by atoms with Crippen molar-refractivity contribution in [1.82, 2.24) is 30.4 Å². The van der Waals surface area contributed by atoms with E-state index in [1.165, 1.54) is 5.56 Å². The highest BCUT2D eigenvalue weighted by Crippen LogP contribution is 2.37. The third kappa shape index (κ3) is 8.55. The molecule has 1 spiro atoms. The summed E-state index contributed by atoms with van der Waals surface area (Å²) in [7, 11) is 0. The molecule has 0 radical (unpaired) electrons. The molecular weight excluding hydrogens is 556 g/mol. The Kier molecular flexibility index (Phi) is 11.2. The molecule has 2 fully saturated rings. The van der Waals surface area contributed by atoms with E-state index in [-0.39, 0.29) is 29.1 Å². The molecule has 0 aliphatic carbocycles. The zero-order valence-electron chi connectivity index (χ0n) is 26.2. The standard InChI is InChI=1S/C34H48N6O4/c1-26(41)40-18-6-9-28(25-40)30-24-35-23-29(38-30)11-12-32(42)36-16-21-39-19-14-34(15-20-39)13-5-4-8-27-7-2-3-10-31(27)44-22-17-37-33(34)43/h2-3,7,10,23-24,28H,4-6,8-9,11-22,25H2,1H3,(H,36,42)(H,37,43). The number of aryl methyl sites for hydroxylation is 2. The number of piperidine rings is 2. The number of fused-ring (bicyclic) bond motifs is 1. The molecule has 2 N–H and O–H groups in total. The Morgan fingerprint density at radius 1 is 1.09 bits per heavy atom. The molecule has 10 nitrogen and oxygen atoms in total. The van der Waals surface area contributed by atoms with E-state index in [4.69, 9.17) is 9.72 Å². The third-order valence-electron chi connectivity index (χ3n) is 9.61. The van der Waals surface area contributed by atoms with Crippen LogP contribution in [0.4, 0.5) is 0 Å². The Labute approximate surface area is 261 Å². The first-order valence-corrected chi connectivity index (χ1v) is 16.5. The number of rotatable bonds is 7. The molecule has 4 heterocycles. The normalized spacial score (nSPS) is 21.2. The van der Waals surface area contributed by atoms with E-state index in [1.54, 1.807) is 19.3 Å². The number of aromatic nitrogens is 2. The van der Waals surface area contributed by atoms with Crippen LogP contribution in [-0.4, -0.2) is 89.9 Å². The second-order valence-electron chi connectivity index (χ2n) is 12.6. The second-order valence-corrected chi connectivity index (χ2v) is 12.6. The molecule has 1 unspecified atom stereocenters. The summed E-state index contributed by atoms with van der Waals surface area (Å²) < 4.78 is 5.97. The van der Waals surface area contributed by atoms with Gasteiger partial charge in [-0.3, -0.25) is 24.4 Å². The number of benzene rings is 1. The van der Waals surface area contributed by atoms with Gasteiger partial charge in [0.25, 0.3) is 0 Å². The van der Waals surface area contributed by atoms with E-state index in [9.17, 15) is 14.4 Å². The molecule has 10 heteroatoms. The highest BCUT2D eigenvalue weighted by molar-refractivity contribution is 5.82. The van der Waals surface area contributed by atoms with Gasteiger partial charge in [-0.25, -0.2) is 0 Å². The lowest BCUT2D eigenvalue weighted by atomic mass is 9.73. The molecule has 2 saturated heterocycles. The van der Waals surface area contributed by atoms with Crippen LogP contribution in [0.2, 0.25) is 0 Å². The number of amides is 3. The van der Waals surface area contributed by atoms with Gasteiger partial charge in [0.05, 0.1) is 23.3 Å². The quantitative estimate of drug-likeness (QED) is 0.499. The smallest absolute Gasteiger partial charge is 0.226 e.